The van der Waals surface area contributed by atoms with Crippen LogP contribution in [0.4, 0.5) is 11.5 Å². The molecule has 0 atom stereocenters. The Kier molecular flexibility index (Phi) is 3.69. The molecule has 0 bridgehead atoms. The molecule has 2 aromatic heterocycles. The zero-order valence-electron chi connectivity index (χ0n) is 10.6. The number of anilines is 2. The first kappa shape index (κ1) is 12.9. The number of imidazole rings is 1. The second-order valence-electron chi connectivity index (χ2n) is 4.14. The van der Waals surface area contributed by atoms with Crippen molar-refractivity contribution in [2.75, 3.05) is 17.6 Å². The third-order valence-electron chi connectivity index (χ3n) is 2.82. The van der Waals surface area contributed by atoms with Gasteiger partial charge in [-0.1, -0.05) is 0 Å². The molecule has 0 unspecified atom stereocenters. The van der Waals surface area contributed by atoms with E-state index in [9.17, 15) is 9.59 Å². The van der Waals surface area contributed by atoms with E-state index in [-0.39, 0.29) is 11.5 Å². The fraction of sp³-hybridized carbons (Fsp3) is 0.364. The second-order valence-corrected chi connectivity index (χ2v) is 4.14. The van der Waals surface area contributed by atoms with Crippen LogP contribution in [0.15, 0.2) is 22.0 Å². The Morgan fingerprint density at radius 3 is 2.95 bits per heavy atom. The molecule has 0 saturated heterocycles. The fourth-order valence-electron chi connectivity index (χ4n) is 1.71. The maximum atomic E-state index is 11.6. The van der Waals surface area contributed by atoms with E-state index in [1.54, 1.807) is 12.4 Å². The monoisotopic (exact) mass is 264 g/mol. The SMILES string of the molecule is Cn1c(N)c(NCCCc2ncc[nH]2)c(=O)[nH]c1=O. The minimum atomic E-state index is -0.524. The largest absolute Gasteiger partial charge is 0.383 e. The molecular formula is C11H16N6O2. The van der Waals surface area contributed by atoms with Gasteiger partial charge in [-0.05, 0) is 6.42 Å². The van der Waals surface area contributed by atoms with Crippen molar-refractivity contribution < 1.29 is 0 Å². The number of nitrogens with zero attached hydrogens (tertiary/aromatic N) is 2. The van der Waals surface area contributed by atoms with Gasteiger partial charge in [0.1, 0.15) is 17.3 Å². The molecule has 0 aliphatic rings. The Balaban J connectivity index is 1.98. The lowest BCUT2D eigenvalue weighted by molar-refractivity contribution is 0.795. The number of aromatic amines is 2. The lowest BCUT2D eigenvalue weighted by Gasteiger charge is -2.10. The molecule has 2 heterocycles. The van der Waals surface area contributed by atoms with E-state index in [0.717, 1.165) is 18.7 Å². The van der Waals surface area contributed by atoms with Gasteiger partial charge >= 0.3 is 5.69 Å². The average Bonchev–Trinajstić information content (AvgIpc) is 2.88. The van der Waals surface area contributed by atoms with Gasteiger partial charge in [0.25, 0.3) is 5.56 Å². The van der Waals surface area contributed by atoms with Crippen LogP contribution < -0.4 is 22.3 Å². The van der Waals surface area contributed by atoms with Crippen LogP contribution in [0, 0.1) is 0 Å². The summed E-state index contributed by atoms with van der Waals surface area (Å²) in [6.07, 6.45) is 5.01. The number of nitrogens with two attached hydrogens (primary N) is 1. The summed E-state index contributed by atoms with van der Waals surface area (Å²) < 4.78 is 1.19. The standard InChI is InChI=1S/C11H16N6O2/c1-17-9(12)8(10(18)16-11(17)19)15-4-2-3-7-13-5-6-14-7/h5-6,15H,2-4,12H2,1H3,(H,13,14)(H,16,18,19). The molecule has 8 nitrogen and oxygen atoms in total. The van der Waals surface area contributed by atoms with Crippen molar-refractivity contribution in [3.8, 4) is 0 Å². The number of nitrogen functional groups attached to an aromatic ring is 1. The average molecular weight is 264 g/mol. The first-order valence-corrected chi connectivity index (χ1v) is 5.90. The van der Waals surface area contributed by atoms with E-state index in [2.05, 4.69) is 20.3 Å². The molecule has 0 spiro atoms. The summed E-state index contributed by atoms with van der Waals surface area (Å²) >= 11 is 0. The molecule has 2 rings (SSSR count). The first-order valence-electron chi connectivity index (χ1n) is 5.90. The number of hydrogen-bond acceptors (Lipinski definition) is 5. The molecule has 19 heavy (non-hydrogen) atoms. The predicted molar refractivity (Wildman–Crippen MR) is 72.1 cm³/mol. The quantitative estimate of drug-likeness (QED) is 0.538. The summed E-state index contributed by atoms with van der Waals surface area (Å²) in [5.41, 5.74) is 4.92. The third kappa shape index (κ3) is 2.84. The number of aromatic nitrogens is 4. The van der Waals surface area contributed by atoms with Gasteiger partial charge in [-0.25, -0.2) is 9.78 Å². The van der Waals surface area contributed by atoms with Gasteiger partial charge in [-0.15, -0.1) is 0 Å². The van der Waals surface area contributed by atoms with Crippen LogP contribution >= 0.6 is 0 Å². The molecule has 0 aliphatic heterocycles. The van der Waals surface area contributed by atoms with Crippen molar-refractivity contribution >= 4 is 11.5 Å². The summed E-state index contributed by atoms with van der Waals surface area (Å²) in [5.74, 6) is 1.02. The molecule has 102 valence electrons. The summed E-state index contributed by atoms with van der Waals surface area (Å²) in [6.45, 7) is 0.562. The zero-order valence-corrected chi connectivity index (χ0v) is 10.6. The number of nitrogens with one attached hydrogen (secondary N) is 3. The number of rotatable bonds is 5. The summed E-state index contributed by atoms with van der Waals surface area (Å²) in [7, 11) is 1.50. The molecule has 8 heteroatoms. The highest BCUT2D eigenvalue weighted by atomic mass is 16.2. The van der Waals surface area contributed by atoms with Crippen molar-refractivity contribution in [1.29, 1.82) is 0 Å². The van der Waals surface area contributed by atoms with E-state index in [1.165, 1.54) is 11.6 Å². The fourth-order valence-corrected chi connectivity index (χ4v) is 1.71. The van der Waals surface area contributed by atoms with Gasteiger partial charge < -0.3 is 16.0 Å². The smallest absolute Gasteiger partial charge is 0.329 e. The highest BCUT2D eigenvalue weighted by Gasteiger charge is 2.08. The Hall–Kier alpha value is -2.51. The lowest BCUT2D eigenvalue weighted by atomic mass is 10.3. The minimum Gasteiger partial charge on any atom is -0.383 e. The highest BCUT2D eigenvalue weighted by molar-refractivity contribution is 5.60. The Morgan fingerprint density at radius 2 is 2.26 bits per heavy atom. The molecule has 0 amide bonds. The molecule has 0 aromatic carbocycles. The highest BCUT2D eigenvalue weighted by Crippen LogP contribution is 2.08. The van der Waals surface area contributed by atoms with E-state index < -0.39 is 11.2 Å². The molecular weight excluding hydrogens is 248 g/mol. The van der Waals surface area contributed by atoms with Crippen LogP contribution in [-0.2, 0) is 13.5 Å². The molecule has 0 radical (unpaired) electrons. The van der Waals surface area contributed by atoms with Crippen LogP contribution in [0.2, 0.25) is 0 Å². The van der Waals surface area contributed by atoms with Crippen molar-refractivity contribution in [3.05, 3.63) is 39.1 Å². The van der Waals surface area contributed by atoms with Gasteiger partial charge in [0.15, 0.2) is 0 Å². The summed E-state index contributed by atoms with van der Waals surface area (Å²) in [6, 6.07) is 0. The number of H-pyrrole nitrogens is 2. The topological polar surface area (TPSA) is 122 Å². The molecule has 0 fully saturated rings. The van der Waals surface area contributed by atoms with E-state index in [1.807, 2.05) is 0 Å². The third-order valence-corrected chi connectivity index (χ3v) is 2.82. The molecule has 2 aromatic rings. The summed E-state index contributed by atoms with van der Waals surface area (Å²) in [4.78, 5) is 32.2. The van der Waals surface area contributed by atoms with E-state index in [0.29, 0.717) is 6.54 Å². The molecule has 0 aliphatic carbocycles. The van der Waals surface area contributed by atoms with Gasteiger partial charge in [0.2, 0.25) is 0 Å². The van der Waals surface area contributed by atoms with Crippen LogP contribution in [0.25, 0.3) is 0 Å². The van der Waals surface area contributed by atoms with Gasteiger partial charge in [0, 0.05) is 32.4 Å². The minimum absolute atomic E-state index is 0.131. The zero-order chi connectivity index (χ0) is 13.8. The summed E-state index contributed by atoms with van der Waals surface area (Å²) in [5, 5.41) is 2.94. The maximum Gasteiger partial charge on any atom is 0.329 e. The Morgan fingerprint density at radius 1 is 1.47 bits per heavy atom. The van der Waals surface area contributed by atoms with Crippen LogP contribution in [-0.4, -0.2) is 26.1 Å². The Bertz CT molecular complexity index is 655. The molecule has 5 N–H and O–H groups in total. The van der Waals surface area contributed by atoms with Crippen molar-refractivity contribution in [3.63, 3.8) is 0 Å². The van der Waals surface area contributed by atoms with Gasteiger partial charge in [-0.3, -0.25) is 14.3 Å². The van der Waals surface area contributed by atoms with Crippen LogP contribution in [0.1, 0.15) is 12.2 Å². The van der Waals surface area contributed by atoms with Gasteiger partial charge in [-0.2, -0.15) is 0 Å². The normalized spacial score (nSPS) is 10.6. The van der Waals surface area contributed by atoms with Crippen LogP contribution in [0.5, 0.6) is 0 Å². The van der Waals surface area contributed by atoms with Crippen molar-refractivity contribution in [2.45, 2.75) is 12.8 Å². The maximum absolute atomic E-state index is 11.6. The predicted octanol–water partition coefficient (Wildman–Crippen LogP) is -0.576. The second kappa shape index (κ2) is 5.42. The first-order chi connectivity index (χ1) is 9.09. The van der Waals surface area contributed by atoms with Gasteiger partial charge in [0.05, 0.1) is 0 Å². The lowest BCUT2D eigenvalue weighted by Crippen LogP contribution is -2.32. The van der Waals surface area contributed by atoms with E-state index >= 15 is 0 Å². The van der Waals surface area contributed by atoms with Crippen LogP contribution in [0.3, 0.4) is 0 Å². The molecule has 0 saturated carbocycles. The Labute approximate surface area is 108 Å². The van der Waals surface area contributed by atoms with Crippen molar-refractivity contribution in [2.24, 2.45) is 7.05 Å². The van der Waals surface area contributed by atoms with Crippen molar-refractivity contribution in [1.82, 2.24) is 19.5 Å². The number of hydrogen-bond donors (Lipinski definition) is 4. The van der Waals surface area contributed by atoms with E-state index in [4.69, 9.17) is 5.73 Å². The number of aryl methyl sites for hydroxylation is 1.